The summed E-state index contributed by atoms with van der Waals surface area (Å²) in [5, 5.41) is 3.82. The quantitative estimate of drug-likeness (QED) is 0.804. The largest absolute Gasteiger partial charge is 0.378 e. The summed E-state index contributed by atoms with van der Waals surface area (Å²) < 4.78 is 13.8. The molecule has 1 aliphatic rings. The van der Waals surface area contributed by atoms with Crippen LogP contribution in [0.5, 0.6) is 0 Å². The van der Waals surface area contributed by atoms with E-state index in [2.05, 4.69) is 19.2 Å². The normalized spacial score (nSPS) is 24.3. The zero-order valence-electron chi connectivity index (χ0n) is 11.0. The molecule has 1 aliphatic carbocycles. The van der Waals surface area contributed by atoms with Crippen molar-refractivity contribution in [3.8, 4) is 0 Å². The molecular weight excluding hydrogens is 249 g/mol. The SMILES string of the molecule is CC(C)C1CCCCC1Nc1c(F)cccc1Cl. The number of hydrogen-bond acceptors (Lipinski definition) is 1. The Labute approximate surface area is 114 Å². The second-order valence-corrected chi connectivity index (χ2v) is 5.95. The molecule has 2 unspecified atom stereocenters. The number of halogens is 2. The average Bonchev–Trinajstić information content (AvgIpc) is 2.34. The van der Waals surface area contributed by atoms with Crippen molar-refractivity contribution < 1.29 is 4.39 Å². The van der Waals surface area contributed by atoms with Crippen molar-refractivity contribution >= 4 is 17.3 Å². The van der Waals surface area contributed by atoms with E-state index in [1.54, 1.807) is 12.1 Å². The van der Waals surface area contributed by atoms with E-state index < -0.39 is 0 Å². The Morgan fingerprint density at radius 3 is 2.67 bits per heavy atom. The second-order valence-electron chi connectivity index (χ2n) is 5.54. The van der Waals surface area contributed by atoms with Crippen molar-refractivity contribution in [1.82, 2.24) is 0 Å². The Balaban J connectivity index is 2.16. The minimum Gasteiger partial charge on any atom is -0.378 e. The van der Waals surface area contributed by atoms with E-state index in [1.165, 1.54) is 25.3 Å². The predicted octanol–water partition coefficient (Wildman–Crippen LogP) is 5.11. The van der Waals surface area contributed by atoms with Crippen molar-refractivity contribution in [2.24, 2.45) is 11.8 Å². The van der Waals surface area contributed by atoms with Gasteiger partial charge in [0.25, 0.3) is 0 Å². The van der Waals surface area contributed by atoms with Crippen molar-refractivity contribution in [1.29, 1.82) is 0 Å². The Bertz CT molecular complexity index is 385. The van der Waals surface area contributed by atoms with Crippen LogP contribution in [0.4, 0.5) is 10.1 Å². The van der Waals surface area contributed by atoms with Crippen molar-refractivity contribution in [2.45, 2.75) is 45.6 Å². The third kappa shape index (κ3) is 2.97. The highest BCUT2D eigenvalue weighted by atomic mass is 35.5. The van der Waals surface area contributed by atoms with Gasteiger partial charge in [-0.15, -0.1) is 0 Å². The first-order valence-corrected chi connectivity index (χ1v) is 7.18. The molecule has 1 N–H and O–H groups in total. The van der Waals surface area contributed by atoms with E-state index in [0.717, 1.165) is 6.42 Å². The summed E-state index contributed by atoms with van der Waals surface area (Å²) in [4.78, 5) is 0. The fraction of sp³-hybridized carbons (Fsp3) is 0.600. The van der Waals surface area contributed by atoms with Crippen LogP contribution in [0.25, 0.3) is 0 Å². The molecule has 0 saturated heterocycles. The number of rotatable bonds is 3. The van der Waals surface area contributed by atoms with E-state index in [4.69, 9.17) is 11.6 Å². The maximum absolute atomic E-state index is 13.8. The Kier molecular flexibility index (Phi) is 4.50. The van der Waals surface area contributed by atoms with Crippen LogP contribution >= 0.6 is 11.6 Å². The van der Waals surface area contributed by atoms with Crippen molar-refractivity contribution in [3.63, 3.8) is 0 Å². The molecule has 2 rings (SSSR count). The molecule has 0 radical (unpaired) electrons. The number of nitrogens with one attached hydrogen (secondary N) is 1. The molecule has 1 aromatic rings. The number of para-hydroxylation sites is 1. The van der Waals surface area contributed by atoms with Crippen LogP contribution in [0.15, 0.2) is 18.2 Å². The maximum atomic E-state index is 13.8. The minimum atomic E-state index is -0.254. The molecule has 100 valence electrons. The number of anilines is 1. The van der Waals surface area contributed by atoms with Crippen molar-refractivity contribution in [3.05, 3.63) is 29.0 Å². The van der Waals surface area contributed by atoms with E-state index in [9.17, 15) is 4.39 Å². The Hall–Kier alpha value is -0.760. The molecule has 18 heavy (non-hydrogen) atoms. The van der Waals surface area contributed by atoms with Crippen LogP contribution in [0.2, 0.25) is 5.02 Å². The third-order valence-electron chi connectivity index (χ3n) is 3.97. The van der Waals surface area contributed by atoms with Crippen LogP contribution in [0.3, 0.4) is 0 Å². The lowest BCUT2D eigenvalue weighted by atomic mass is 9.78. The van der Waals surface area contributed by atoms with Crippen LogP contribution in [0, 0.1) is 17.7 Å². The molecule has 1 fully saturated rings. The van der Waals surface area contributed by atoms with Crippen LogP contribution in [-0.4, -0.2) is 6.04 Å². The fourth-order valence-electron chi connectivity index (χ4n) is 2.96. The first-order valence-electron chi connectivity index (χ1n) is 6.80. The zero-order chi connectivity index (χ0) is 13.1. The van der Waals surface area contributed by atoms with Crippen LogP contribution in [-0.2, 0) is 0 Å². The average molecular weight is 270 g/mol. The zero-order valence-corrected chi connectivity index (χ0v) is 11.8. The van der Waals surface area contributed by atoms with Gasteiger partial charge in [0.1, 0.15) is 5.82 Å². The summed E-state index contributed by atoms with van der Waals surface area (Å²) in [6.07, 6.45) is 4.83. The number of benzene rings is 1. The first-order chi connectivity index (χ1) is 8.59. The lowest BCUT2D eigenvalue weighted by molar-refractivity contribution is 0.253. The highest BCUT2D eigenvalue weighted by molar-refractivity contribution is 6.33. The Morgan fingerprint density at radius 2 is 2.00 bits per heavy atom. The van der Waals surface area contributed by atoms with Gasteiger partial charge in [-0.1, -0.05) is 44.4 Å². The fourth-order valence-corrected chi connectivity index (χ4v) is 3.18. The van der Waals surface area contributed by atoms with Crippen LogP contribution < -0.4 is 5.32 Å². The standard InChI is InChI=1S/C15H21ClFN/c1-10(2)11-6-3-4-9-14(11)18-15-12(16)7-5-8-13(15)17/h5,7-8,10-11,14,18H,3-4,6,9H2,1-2H3. The van der Waals surface area contributed by atoms with Gasteiger partial charge in [-0.2, -0.15) is 0 Å². The van der Waals surface area contributed by atoms with Gasteiger partial charge in [0.2, 0.25) is 0 Å². The van der Waals surface area contributed by atoms with Crippen molar-refractivity contribution in [2.75, 3.05) is 5.32 Å². The topological polar surface area (TPSA) is 12.0 Å². The summed E-state index contributed by atoms with van der Waals surface area (Å²) >= 11 is 6.07. The molecule has 3 heteroatoms. The maximum Gasteiger partial charge on any atom is 0.147 e. The molecule has 1 saturated carbocycles. The van der Waals surface area contributed by atoms with E-state index >= 15 is 0 Å². The summed E-state index contributed by atoms with van der Waals surface area (Å²) in [6.45, 7) is 4.49. The lowest BCUT2D eigenvalue weighted by Crippen LogP contribution is -2.35. The molecular formula is C15H21ClFN. The van der Waals surface area contributed by atoms with Gasteiger partial charge in [0, 0.05) is 6.04 Å². The summed E-state index contributed by atoms with van der Waals surface area (Å²) in [5.41, 5.74) is 0.469. The van der Waals surface area contributed by atoms with Gasteiger partial charge in [0.05, 0.1) is 10.7 Å². The summed E-state index contributed by atoms with van der Waals surface area (Å²) in [5.74, 6) is 0.971. The van der Waals surface area contributed by atoms with Gasteiger partial charge >= 0.3 is 0 Å². The lowest BCUT2D eigenvalue weighted by Gasteiger charge is -2.35. The van der Waals surface area contributed by atoms with Gasteiger partial charge in [-0.3, -0.25) is 0 Å². The molecule has 0 bridgehead atoms. The molecule has 0 spiro atoms. The molecule has 0 aliphatic heterocycles. The molecule has 2 atom stereocenters. The monoisotopic (exact) mass is 269 g/mol. The highest BCUT2D eigenvalue weighted by Crippen LogP contribution is 2.34. The highest BCUT2D eigenvalue weighted by Gasteiger charge is 2.28. The first kappa shape index (κ1) is 13.7. The van der Waals surface area contributed by atoms with Gasteiger partial charge < -0.3 is 5.32 Å². The molecule has 0 aromatic heterocycles. The predicted molar refractivity (Wildman–Crippen MR) is 75.6 cm³/mol. The number of hydrogen-bond donors (Lipinski definition) is 1. The van der Waals surface area contributed by atoms with E-state index in [-0.39, 0.29) is 5.82 Å². The molecule has 1 nitrogen and oxygen atoms in total. The minimum absolute atomic E-state index is 0.254. The van der Waals surface area contributed by atoms with E-state index in [0.29, 0.717) is 28.6 Å². The molecule has 0 heterocycles. The van der Waals surface area contributed by atoms with Gasteiger partial charge in [-0.05, 0) is 36.8 Å². The van der Waals surface area contributed by atoms with Gasteiger partial charge in [0.15, 0.2) is 0 Å². The summed E-state index contributed by atoms with van der Waals surface area (Å²) in [7, 11) is 0. The molecule has 1 aromatic carbocycles. The summed E-state index contributed by atoms with van der Waals surface area (Å²) in [6, 6.07) is 5.18. The Morgan fingerprint density at radius 1 is 1.28 bits per heavy atom. The third-order valence-corrected chi connectivity index (χ3v) is 4.28. The smallest absolute Gasteiger partial charge is 0.147 e. The molecule has 0 amide bonds. The second kappa shape index (κ2) is 5.92. The van der Waals surface area contributed by atoms with Gasteiger partial charge in [-0.25, -0.2) is 4.39 Å². The van der Waals surface area contributed by atoms with E-state index in [1.807, 2.05) is 0 Å². The van der Waals surface area contributed by atoms with Crippen LogP contribution in [0.1, 0.15) is 39.5 Å².